The first-order valence-electron chi connectivity index (χ1n) is 8.43. The standard InChI is InChI=1S/C20H24N2O2/c1-13-5-7-17(8-6-13)19-10-9-18(16(4)21-19)20(23)22-11-14(2)24-15(3)12-22/h5-10,14-15H,11-12H2,1-4H3. The molecule has 1 amide bonds. The van der Waals surface area contributed by atoms with Crippen molar-refractivity contribution >= 4 is 5.91 Å². The van der Waals surface area contributed by atoms with Gasteiger partial charge in [-0.3, -0.25) is 9.78 Å². The quantitative estimate of drug-likeness (QED) is 0.847. The van der Waals surface area contributed by atoms with E-state index in [1.165, 1.54) is 5.56 Å². The SMILES string of the molecule is Cc1ccc(-c2ccc(C(=O)N3CC(C)OC(C)C3)c(C)n2)cc1. The first kappa shape index (κ1) is 16.7. The van der Waals surface area contributed by atoms with Crippen LogP contribution in [0.25, 0.3) is 11.3 Å². The van der Waals surface area contributed by atoms with Crippen LogP contribution < -0.4 is 0 Å². The second-order valence-corrected chi connectivity index (χ2v) is 6.66. The molecule has 24 heavy (non-hydrogen) atoms. The van der Waals surface area contributed by atoms with Gasteiger partial charge < -0.3 is 9.64 Å². The van der Waals surface area contributed by atoms with Crippen molar-refractivity contribution in [1.29, 1.82) is 0 Å². The number of amides is 1. The minimum absolute atomic E-state index is 0.0393. The Bertz CT molecular complexity index is 730. The summed E-state index contributed by atoms with van der Waals surface area (Å²) in [4.78, 5) is 19.4. The maximum absolute atomic E-state index is 12.8. The third kappa shape index (κ3) is 3.49. The van der Waals surface area contributed by atoms with Crippen LogP contribution in [0.2, 0.25) is 0 Å². The lowest BCUT2D eigenvalue weighted by Crippen LogP contribution is -2.48. The number of hydrogen-bond acceptors (Lipinski definition) is 3. The second-order valence-electron chi connectivity index (χ2n) is 6.66. The summed E-state index contributed by atoms with van der Waals surface area (Å²) in [5.74, 6) is 0.0393. The van der Waals surface area contributed by atoms with E-state index in [-0.39, 0.29) is 18.1 Å². The van der Waals surface area contributed by atoms with Crippen LogP contribution in [0, 0.1) is 13.8 Å². The highest BCUT2D eigenvalue weighted by Gasteiger charge is 2.27. The van der Waals surface area contributed by atoms with Gasteiger partial charge >= 0.3 is 0 Å². The Kier molecular flexibility index (Phi) is 4.67. The number of carbonyl (C=O) groups excluding carboxylic acids is 1. The van der Waals surface area contributed by atoms with Gasteiger partial charge in [-0.2, -0.15) is 0 Å². The summed E-state index contributed by atoms with van der Waals surface area (Å²) in [5.41, 5.74) is 4.62. The van der Waals surface area contributed by atoms with Crippen molar-refractivity contribution < 1.29 is 9.53 Å². The fourth-order valence-electron chi connectivity index (χ4n) is 3.19. The van der Waals surface area contributed by atoms with Crippen molar-refractivity contribution in [2.75, 3.05) is 13.1 Å². The average Bonchev–Trinajstić information content (AvgIpc) is 2.54. The van der Waals surface area contributed by atoms with Crippen molar-refractivity contribution in [2.24, 2.45) is 0 Å². The molecule has 2 atom stereocenters. The molecule has 1 saturated heterocycles. The summed E-state index contributed by atoms with van der Waals surface area (Å²) in [7, 11) is 0. The molecule has 0 radical (unpaired) electrons. The highest BCUT2D eigenvalue weighted by Crippen LogP contribution is 2.21. The summed E-state index contributed by atoms with van der Waals surface area (Å²) in [6.07, 6.45) is 0.135. The fraction of sp³-hybridized carbons (Fsp3) is 0.400. The van der Waals surface area contributed by atoms with E-state index in [0.717, 1.165) is 17.0 Å². The van der Waals surface area contributed by atoms with Gasteiger partial charge in [0.1, 0.15) is 0 Å². The molecule has 1 fully saturated rings. The van der Waals surface area contributed by atoms with E-state index in [2.05, 4.69) is 36.2 Å². The van der Waals surface area contributed by atoms with Crippen LogP contribution in [0.1, 0.15) is 35.5 Å². The van der Waals surface area contributed by atoms with Gasteiger partial charge in [0.25, 0.3) is 5.91 Å². The number of morpholine rings is 1. The molecule has 1 aromatic heterocycles. The number of nitrogens with zero attached hydrogens (tertiary/aromatic N) is 2. The lowest BCUT2D eigenvalue weighted by molar-refractivity contribution is -0.0586. The summed E-state index contributed by atoms with van der Waals surface area (Å²) in [6, 6.07) is 12.1. The third-order valence-corrected chi connectivity index (χ3v) is 4.37. The Balaban J connectivity index is 1.84. The molecule has 1 aliphatic heterocycles. The third-order valence-electron chi connectivity index (χ3n) is 4.37. The molecule has 0 spiro atoms. The van der Waals surface area contributed by atoms with Crippen molar-refractivity contribution in [2.45, 2.75) is 39.9 Å². The van der Waals surface area contributed by atoms with Gasteiger partial charge in [0.2, 0.25) is 0 Å². The molecular weight excluding hydrogens is 300 g/mol. The number of rotatable bonds is 2. The molecular formula is C20H24N2O2. The Morgan fingerprint density at radius 1 is 1.04 bits per heavy atom. The Morgan fingerprint density at radius 2 is 1.67 bits per heavy atom. The minimum atomic E-state index is 0.0393. The smallest absolute Gasteiger partial charge is 0.255 e. The molecule has 126 valence electrons. The van der Waals surface area contributed by atoms with E-state index in [1.807, 2.05) is 37.8 Å². The number of hydrogen-bond donors (Lipinski definition) is 0. The molecule has 2 heterocycles. The van der Waals surface area contributed by atoms with Crippen LogP contribution in [0.15, 0.2) is 36.4 Å². The zero-order valence-corrected chi connectivity index (χ0v) is 14.7. The van der Waals surface area contributed by atoms with Crippen LogP contribution >= 0.6 is 0 Å². The second kappa shape index (κ2) is 6.73. The van der Waals surface area contributed by atoms with Crippen molar-refractivity contribution in [3.05, 3.63) is 53.2 Å². The van der Waals surface area contributed by atoms with Crippen LogP contribution in [-0.4, -0.2) is 41.1 Å². The van der Waals surface area contributed by atoms with Crippen LogP contribution in [-0.2, 0) is 4.74 Å². The first-order valence-corrected chi connectivity index (χ1v) is 8.43. The number of aromatic nitrogens is 1. The van der Waals surface area contributed by atoms with Gasteiger partial charge in [0.15, 0.2) is 0 Å². The lowest BCUT2D eigenvalue weighted by atomic mass is 10.1. The largest absolute Gasteiger partial charge is 0.372 e. The highest BCUT2D eigenvalue weighted by atomic mass is 16.5. The topological polar surface area (TPSA) is 42.4 Å². The van der Waals surface area contributed by atoms with Gasteiger partial charge in [-0.05, 0) is 39.8 Å². The van der Waals surface area contributed by atoms with Crippen molar-refractivity contribution in [3.8, 4) is 11.3 Å². The van der Waals surface area contributed by atoms with Crippen LogP contribution in [0.3, 0.4) is 0 Å². The first-order chi connectivity index (χ1) is 11.4. The Labute approximate surface area is 143 Å². The number of ether oxygens (including phenoxy) is 1. The van der Waals surface area contributed by atoms with E-state index in [9.17, 15) is 4.79 Å². The molecule has 2 aromatic rings. The van der Waals surface area contributed by atoms with Crippen molar-refractivity contribution in [3.63, 3.8) is 0 Å². The van der Waals surface area contributed by atoms with Crippen molar-refractivity contribution in [1.82, 2.24) is 9.88 Å². The number of pyridine rings is 1. The van der Waals surface area contributed by atoms with E-state index in [4.69, 9.17) is 4.74 Å². The van der Waals surface area contributed by atoms with Crippen LogP contribution in [0.5, 0.6) is 0 Å². The summed E-state index contributed by atoms with van der Waals surface area (Å²) < 4.78 is 5.71. The lowest BCUT2D eigenvalue weighted by Gasteiger charge is -2.35. The zero-order chi connectivity index (χ0) is 17.3. The molecule has 1 aliphatic rings. The van der Waals surface area contributed by atoms with Gasteiger partial charge in [0, 0.05) is 18.7 Å². The molecule has 4 nitrogen and oxygen atoms in total. The fourth-order valence-corrected chi connectivity index (χ4v) is 3.19. The molecule has 4 heteroatoms. The molecule has 0 N–H and O–H groups in total. The normalized spacial score (nSPS) is 20.9. The van der Waals surface area contributed by atoms with Gasteiger partial charge in [-0.15, -0.1) is 0 Å². The van der Waals surface area contributed by atoms with Gasteiger partial charge in [0.05, 0.1) is 29.2 Å². The summed E-state index contributed by atoms with van der Waals surface area (Å²) >= 11 is 0. The van der Waals surface area contributed by atoms with E-state index < -0.39 is 0 Å². The van der Waals surface area contributed by atoms with Gasteiger partial charge in [-0.25, -0.2) is 0 Å². The summed E-state index contributed by atoms with van der Waals surface area (Å²) in [5, 5.41) is 0. The molecule has 0 bridgehead atoms. The minimum Gasteiger partial charge on any atom is -0.372 e. The monoisotopic (exact) mass is 324 g/mol. The number of carbonyl (C=O) groups is 1. The molecule has 0 saturated carbocycles. The predicted octanol–water partition coefficient (Wildman–Crippen LogP) is 3.61. The molecule has 2 unspecified atom stereocenters. The number of benzene rings is 1. The predicted molar refractivity (Wildman–Crippen MR) is 95.1 cm³/mol. The maximum Gasteiger partial charge on any atom is 0.255 e. The van der Waals surface area contributed by atoms with E-state index >= 15 is 0 Å². The van der Waals surface area contributed by atoms with Crippen LogP contribution in [0.4, 0.5) is 0 Å². The zero-order valence-electron chi connectivity index (χ0n) is 14.7. The van der Waals surface area contributed by atoms with E-state index in [1.54, 1.807) is 0 Å². The molecule has 3 rings (SSSR count). The number of aryl methyl sites for hydroxylation is 2. The molecule has 1 aromatic carbocycles. The average molecular weight is 324 g/mol. The Morgan fingerprint density at radius 3 is 2.25 bits per heavy atom. The summed E-state index contributed by atoms with van der Waals surface area (Å²) in [6.45, 7) is 9.22. The Hall–Kier alpha value is -2.20. The van der Waals surface area contributed by atoms with Gasteiger partial charge in [-0.1, -0.05) is 29.8 Å². The van der Waals surface area contributed by atoms with E-state index in [0.29, 0.717) is 18.7 Å². The highest BCUT2D eigenvalue weighted by molar-refractivity contribution is 5.95. The maximum atomic E-state index is 12.8. The molecule has 0 aliphatic carbocycles.